The molecule has 4 nitrogen and oxygen atoms in total. The fourth-order valence-electron chi connectivity index (χ4n) is 6.40. The number of nitrogens with zero attached hydrogens (tertiary/aromatic N) is 3. The Balaban J connectivity index is 0.00000378. The van der Waals surface area contributed by atoms with Gasteiger partial charge in [-0.1, -0.05) is 139 Å². The minimum atomic E-state index is 0. The molecule has 0 saturated carbocycles. The zero-order valence-electron chi connectivity index (χ0n) is 26.8. The van der Waals surface area contributed by atoms with Crippen LogP contribution in [0.3, 0.4) is 0 Å². The second kappa shape index (κ2) is 13.9. The first-order valence-electron chi connectivity index (χ1n) is 16.1. The number of imidazole rings is 1. The van der Waals surface area contributed by atoms with Crippen molar-refractivity contribution in [2.75, 3.05) is 0 Å². The molecule has 8 rings (SSSR count). The van der Waals surface area contributed by atoms with E-state index in [1.165, 1.54) is 5.56 Å². The molecule has 0 aliphatic heterocycles. The summed E-state index contributed by atoms with van der Waals surface area (Å²) in [5, 5.41) is 10.9. The molecule has 6 aromatic carbocycles. The van der Waals surface area contributed by atoms with Gasteiger partial charge in [0, 0.05) is 44.6 Å². The molecule has 0 amide bonds. The zero-order chi connectivity index (χ0) is 32.5. The van der Waals surface area contributed by atoms with E-state index in [1.807, 2.05) is 54.7 Å². The van der Waals surface area contributed by atoms with E-state index in [1.54, 1.807) is 6.07 Å². The maximum absolute atomic E-state index is 10.9. The van der Waals surface area contributed by atoms with Crippen LogP contribution in [-0.4, -0.2) is 19.6 Å². The van der Waals surface area contributed by atoms with E-state index >= 15 is 0 Å². The number of phenolic OH excluding ortho intramolecular Hbond substituents is 1. The maximum atomic E-state index is 10.9. The molecule has 240 valence electrons. The molecule has 0 fully saturated rings. The predicted molar refractivity (Wildman–Crippen MR) is 195 cm³/mol. The predicted octanol–water partition coefficient (Wildman–Crippen LogP) is 10.7. The fourth-order valence-corrected chi connectivity index (χ4v) is 6.40. The zero-order valence-corrected chi connectivity index (χ0v) is 29.0. The van der Waals surface area contributed by atoms with Gasteiger partial charge < -0.3 is 5.11 Å². The fraction of sp³-hybridized carbons (Fsp3) is 0.0455. The summed E-state index contributed by atoms with van der Waals surface area (Å²) in [5.41, 5.74) is 11.6. The van der Waals surface area contributed by atoms with Crippen LogP contribution in [0.1, 0.15) is 24.0 Å². The molecular formula is C44H32N3OPt-. The van der Waals surface area contributed by atoms with Crippen molar-refractivity contribution in [1.29, 1.82) is 0 Å². The second-order valence-electron chi connectivity index (χ2n) is 12.0. The monoisotopic (exact) mass is 813 g/mol. The van der Waals surface area contributed by atoms with E-state index in [2.05, 4.69) is 121 Å². The Labute approximate surface area is 300 Å². The summed E-state index contributed by atoms with van der Waals surface area (Å²) in [4.78, 5) is 10.2. The summed E-state index contributed by atoms with van der Waals surface area (Å²) in [6, 6.07) is 57.0. The third-order valence-corrected chi connectivity index (χ3v) is 8.97. The number of hydrogen-bond acceptors (Lipinski definition) is 3. The van der Waals surface area contributed by atoms with Crippen LogP contribution < -0.4 is 0 Å². The molecular weight excluding hydrogens is 782 g/mol. The van der Waals surface area contributed by atoms with Gasteiger partial charge in [-0.3, -0.25) is 9.55 Å². The van der Waals surface area contributed by atoms with Gasteiger partial charge in [0.25, 0.3) is 0 Å². The average Bonchev–Trinajstić information content (AvgIpc) is 3.55. The summed E-state index contributed by atoms with van der Waals surface area (Å²) >= 11 is 0. The van der Waals surface area contributed by atoms with Crippen molar-refractivity contribution in [2.45, 2.75) is 12.8 Å². The molecule has 1 unspecified atom stereocenters. The van der Waals surface area contributed by atoms with E-state index in [9.17, 15) is 5.11 Å². The molecule has 0 saturated heterocycles. The number of aromatic nitrogens is 3. The van der Waals surface area contributed by atoms with Crippen molar-refractivity contribution in [1.82, 2.24) is 14.5 Å². The average molecular weight is 814 g/mol. The first-order chi connectivity index (χ1) is 23.6. The van der Waals surface area contributed by atoms with Gasteiger partial charge >= 0.3 is 0 Å². The Kier molecular flexibility index (Phi) is 9.07. The molecule has 0 aliphatic carbocycles. The Morgan fingerprint density at radius 2 is 1.27 bits per heavy atom. The van der Waals surface area contributed by atoms with Crippen LogP contribution >= 0.6 is 0 Å². The van der Waals surface area contributed by atoms with Gasteiger partial charge in [-0.15, -0.1) is 23.8 Å². The van der Waals surface area contributed by atoms with Gasteiger partial charge in [0.2, 0.25) is 0 Å². The summed E-state index contributed by atoms with van der Waals surface area (Å²) in [5.74, 6) is 1.09. The van der Waals surface area contributed by atoms with Gasteiger partial charge in [-0.25, -0.2) is 4.98 Å². The van der Waals surface area contributed by atoms with Gasteiger partial charge in [-0.05, 0) is 47.0 Å². The molecule has 49 heavy (non-hydrogen) atoms. The molecule has 0 radical (unpaired) electrons. The Morgan fingerprint density at radius 3 is 1.98 bits per heavy atom. The number of pyridine rings is 1. The molecule has 2 heterocycles. The smallest absolute Gasteiger partial charge is 0.148 e. The maximum Gasteiger partial charge on any atom is 0.148 e. The number of phenols is 1. The van der Waals surface area contributed by atoms with Crippen LogP contribution in [0.5, 0.6) is 5.75 Å². The molecule has 8 aromatic rings. The van der Waals surface area contributed by atoms with E-state index in [0.29, 0.717) is 11.4 Å². The van der Waals surface area contributed by atoms with Crippen molar-refractivity contribution < 1.29 is 26.2 Å². The Morgan fingerprint density at radius 1 is 0.612 bits per heavy atom. The summed E-state index contributed by atoms with van der Waals surface area (Å²) in [7, 11) is 0. The van der Waals surface area contributed by atoms with E-state index < -0.39 is 0 Å². The molecule has 0 aliphatic rings. The van der Waals surface area contributed by atoms with Crippen LogP contribution in [0, 0.1) is 6.07 Å². The van der Waals surface area contributed by atoms with Crippen molar-refractivity contribution in [3.05, 3.63) is 181 Å². The molecule has 1 N–H and O–H groups in total. The Bertz CT molecular complexity index is 2350. The summed E-state index contributed by atoms with van der Waals surface area (Å²) in [6.07, 6.45) is 1.98. The summed E-state index contributed by atoms with van der Waals surface area (Å²) in [6.45, 7) is 2.21. The minimum absolute atomic E-state index is 0. The van der Waals surface area contributed by atoms with Crippen LogP contribution in [0.25, 0.3) is 61.6 Å². The van der Waals surface area contributed by atoms with Crippen LogP contribution in [0.15, 0.2) is 164 Å². The first-order valence-corrected chi connectivity index (χ1v) is 16.1. The summed E-state index contributed by atoms with van der Waals surface area (Å²) < 4.78 is 2.12. The van der Waals surface area contributed by atoms with Crippen LogP contribution in [-0.2, 0) is 21.1 Å². The molecule has 1 atom stereocenters. The largest absolute Gasteiger partial charge is 0.507 e. The Hall–Kier alpha value is -5.57. The number of rotatable bonds is 7. The van der Waals surface area contributed by atoms with E-state index in [4.69, 9.17) is 9.97 Å². The van der Waals surface area contributed by atoms with Crippen LogP contribution in [0.4, 0.5) is 0 Å². The topological polar surface area (TPSA) is 50.9 Å². The van der Waals surface area contributed by atoms with Crippen LogP contribution in [0.2, 0.25) is 0 Å². The van der Waals surface area contributed by atoms with Gasteiger partial charge in [0.1, 0.15) is 11.6 Å². The van der Waals surface area contributed by atoms with Crippen molar-refractivity contribution in [2.24, 2.45) is 0 Å². The SMILES string of the molecule is CC(c1ccccc1)c1ccc(-c2[c-]c(-c3cccc4c3nc(-c3ccccc3O)n4-c3ccccc3)cc(-c3ccccc3)c2)nc1.[Pt]. The quantitative estimate of drug-likeness (QED) is 0.163. The third-order valence-electron chi connectivity index (χ3n) is 8.97. The normalized spacial score (nSPS) is 11.6. The number of para-hydroxylation sites is 3. The van der Waals surface area contributed by atoms with Gasteiger partial charge in [0.05, 0.1) is 16.6 Å². The number of aromatic hydroxyl groups is 1. The minimum Gasteiger partial charge on any atom is -0.507 e. The van der Waals surface area contributed by atoms with Crippen molar-refractivity contribution >= 4 is 11.0 Å². The van der Waals surface area contributed by atoms with Crippen molar-refractivity contribution in [3.63, 3.8) is 0 Å². The van der Waals surface area contributed by atoms with Gasteiger partial charge in [0.15, 0.2) is 0 Å². The number of hydrogen-bond donors (Lipinski definition) is 1. The standard InChI is InChI=1S/C44H32N3O.Pt/c1-30(31-14-5-2-6-15-31)33-24-25-40(45-29-33)36-27-34(32-16-7-3-8-17-32)26-35(28-36)38-21-13-22-41-43(38)46-44(39-20-11-12-23-42(39)48)47(41)37-18-9-4-10-19-37;/h2-27,29-30,48H,1H3;/q-1;. The molecule has 2 aromatic heterocycles. The molecule has 0 spiro atoms. The molecule has 5 heteroatoms. The van der Waals surface area contributed by atoms with E-state index in [-0.39, 0.29) is 32.7 Å². The number of fused-ring (bicyclic) bond motifs is 1. The van der Waals surface area contributed by atoms with Gasteiger partial charge in [-0.2, -0.15) is 0 Å². The van der Waals surface area contributed by atoms with Crippen molar-refractivity contribution in [3.8, 4) is 56.3 Å². The number of benzene rings is 6. The first kappa shape index (κ1) is 32.0. The van der Waals surface area contributed by atoms with E-state index in [0.717, 1.165) is 55.8 Å². The molecule has 0 bridgehead atoms. The second-order valence-corrected chi connectivity index (χ2v) is 12.0. The third kappa shape index (κ3) is 6.24.